The highest BCUT2D eigenvalue weighted by Gasteiger charge is 2.04. The second kappa shape index (κ2) is 6.25. The minimum absolute atomic E-state index is 0.472. The summed E-state index contributed by atoms with van der Waals surface area (Å²) in [5.74, 6) is 0.611. The van der Waals surface area contributed by atoms with Gasteiger partial charge in [0.25, 0.3) is 0 Å². The van der Waals surface area contributed by atoms with Crippen molar-refractivity contribution in [3.05, 3.63) is 64.2 Å². The van der Waals surface area contributed by atoms with E-state index in [4.69, 9.17) is 21.5 Å². The van der Waals surface area contributed by atoms with E-state index in [1.165, 1.54) is 11.8 Å². The molecule has 98 valence electrons. The Morgan fingerprint density at radius 2 is 2.05 bits per heavy atom. The van der Waals surface area contributed by atoms with Crippen molar-refractivity contribution >= 4 is 17.8 Å². The summed E-state index contributed by atoms with van der Waals surface area (Å²) in [6.07, 6.45) is 1.32. The van der Waals surface area contributed by atoms with Crippen LogP contribution in [0.3, 0.4) is 0 Å². The molecule has 0 aliphatic rings. The molecule has 0 spiro atoms. The fourth-order valence-corrected chi connectivity index (χ4v) is 1.95. The van der Waals surface area contributed by atoms with Gasteiger partial charge in [0.2, 0.25) is 0 Å². The van der Waals surface area contributed by atoms with Crippen LogP contribution in [0, 0.1) is 6.92 Å². The molecule has 0 bridgehead atoms. The van der Waals surface area contributed by atoms with Crippen LogP contribution in [-0.4, -0.2) is 11.4 Å². The van der Waals surface area contributed by atoms with E-state index >= 15 is 0 Å². The van der Waals surface area contributed by atoms with Gasteiger partial charge in [-0.15, -0.1) is 0 Å². The predicted molar refractivity (Wildman–Crippen MR) is 76.3 cm³/mol. The zero-order valence-electron chi connectivity index (χ0n) is 10.5. The molecule has 0 heterocycles. The summed E-state index contributed by atoms with van der Waals surface area (Å²) in [5, 5.41) is 11.9. The van der Waals surface area contributed by atoms with Gasteiger partial charge in [0.1, 0.15) is 12.4 Å². The second-order valence-corrected chi connectivity index (χ2v) is 4.56. The minimum atomic E-state index is 0.472. The van der Waals surface area contributed by atoms with Crippen LogP contribution in [0.2, 0.25) is 5.02 Å². The van der Waals surface area contributed by atoms with Crippen molar-refractivity contribution in [2.75, 3.05) is 0 Å². The first kappa shape index (κ1) is 13.4. The summed E-state index contributed by atoms with van der Waals surface area (Å²) in [6, 6.07) is 13.3. The lowest BCUT2D eigenvalue weighted by molar-refractivity contribution is 0.305. The predicted octanol–water partition coefficient (Wildman–Crippen LogP) is 4.04. The van der Waals surface area contributed by atoms with Crippen molar-refractivity contribution < 1.29 is 9.94 Å². The highest BCUT2D eigenvalue weighted by Crippen LogP contribution is 2.26. The lowest BCUT2D eigenvalue weighted by Crippen LogP contribution is -1.98. The molecule has 0 aliphatic carbocycles. The van der Waals surface area contributed by atoms with Crippen LogP contribution in [0.1, 0.15) is 16.7 Å². The zero-order chi connectivity index (χ0) is 13.7. The van der Waals surface area contributed by atoms with Crippen molar-refractivity contribution in [2.24, 2.45) is 5.16 Å². The Bertz CT molecular complexity index is 596. The number of hydrogen-bond acceptors (Lipinski definition) is 3. The molecule has 0 saturated carbocycles. The molecule has 0 unspecified atom stereocenters. The van der Waals surface area contributed by atoms with Gasteiger partial charge in [-0.1, -0.05) is 41.0 Å². The number of ether oxygens (including phenoxy) is 1. The first-order valence-electron chi connectivity index (χ1n) is 5.85. The molecule has 0 amide bonds. The average molecular weight is 276 g/mol. The lowest BCUT2D eigenvalue weighted by atomic mass is 10.1. The van der Waals surface area contributed by atoms with Gasteiger partial charge < -0.3 is 9.94 Å². The van der Waals surface area contributed by atoms with Gasteiger partial charge in [-0.05, 0) is 41.8 Å². The lowest BCUT2D eigenvalue weighted by Gasteiger charge is -2.10. The molecule has 0 aromatic heterocycles. The molecule has 2 aromatic carbocycles. The van der Waals surface area contributed by atoms with Crippen LogP contribution in [0.15, 0.2) is 47.6 Å². The Morgan fingerprint density at radius 3 is 2.74 bits per heavy atom. The first-order chi connectivity index (χ1) is 9.20. The maximum Gasteiger partial charge on any atom is 0.138 e. The molecule has 3 nitrogen and oxygen atoms in total. The van der Waals surface area contributed by atoms with Crippen molar-refractivity contribution in [1.82, 2.24) is 0 Å². The van der Waals surface area contributed by atoms with Gasteiger partial charge in [-0.3, -0.25) is 0 Å². The monoisotopic (exact) mass is 275 g/mol. The Labute approximate surface area is 117 Å². The summed E-state index contributed by atoms with van der Waals surface area (Å²) >= 11 is 6.10. The van der Waals surface area contributed by atoms with Crippen LogP contribution in [-0.2, 0) is 6.61 Å². The quantitative estimate of drug-likeness (QED) is 0.520. The number of nitrogens with zero attached hydrogens (tertiary/aromatic N) is 1. The van der Waals surface area contributed by atoms with E-state index in [0.717, 1.165) is 11.1 Å². The third-order valence-corrected chi connectivity index (χ3v) is 3.10. The van der Waals surface area contributed by atoms with Crippen LogP contribution in [0.25, 0.3) is 0 Å². The van der Waals surface area contributed by atoms with E-state index < -0.39 is 0 Å². The molecule has 1 N–H and O–H groups in total. The third-order valence-electron chi connectivity index (χ3n) is 2.81. The fourth-order valence-electron chi connectivity index (χ4n) is 1.71. The molecular formula is C15H14ClNO2. The van der Waals surface area contributed by atoms with E-state index in [-0.39, 0.29) is 0 Å². The van der Waals surface area contributed by atoms with Gasteiger partial charge in [0.15, 0.2) is 0 Å². The summed E-state index contributed by atoms with van der Waals surface area (Å²) in [7, 11) is 0. The Morgan fingerprint density at radius 1 is 1.26 bits per heavy atom. The maximum atomic E-state index is 8.46. The van der Waals surface area contributed by atoms with Gasteiger partial charge >= 0.3 is 0 Å². The topological polar surface area (TPSA) is 41.8 Å². The SMILES string of the molecule is Cc1ccccc1COc1ccc(C=NO)cc1Cl. The molecule has 2 aromatic rings. The normalized spacial score (nSPS) is 10.8. The highest BCUT2D eigenvalue weighted by atomic mass is 35.5. The minimum Gasteiger partial charge on any atom is -0.487 e. The Kier molecular flexibility index (Phi) is 4.42. The van der Waals surface area contributed by atoms with Gasteiger partial charge in [0.05, 0.1) is 11.2 Å². The molecule has 0 atom stereocenters. The molecule has 0 fully saturated rings. The second-order valence-electron chi connectivity index (χ2n) is 4.15. The first-order valence-corrected chi connectivity index (χ1v) is 6.23. The largest absolute Gasteiger partial charge is 0.487 e. The van der Waals surface area contributed by atoms with Gasteiger partial charge in [-0.25, -0.2) is 0 Å². The van der Waals surface area contributed by atoms with Crippen molar-refractivity contribution in [1.29, 1.82) is 0 Å². The molecule has 19 heavy (non-hydrogen) atoms. The Balaban J connectivity index is 2.10. The number of benzene rings is 2. The molecule has 4 heteroatoms. The standard InChI is InChI=1S/C15H14ClNO2/c1-11-4-2-3-5-13(11)10-19-15-7-6-12(9-17-18)8-14(15)16/h2-9,18H,10H2,1H3. The maximum absolute atomic E-state index is 8.46. The molecule has 0 aliphatic heterocycles. The smallest absolute Gasteiger partial charge is 0.138 e. The number of oxime groups is 1. The Hall–Kier alpha value is -2.00. The summed E-state index contributed by atoms with van der Waals surface area (Å²) < 4.78 is 5.70. The highest BCUT2D eigenvalue weighted by molar-refractivity contribution is 6.32. The van der Waals surface area contributed by atoms with Crippen LogP contribution < -0.4 is 4.74 Å². The van der Waals surface area contributed by atoms with Crippen molar-refractivity contribution in [2.45, 2.75) is 13.5 Å². The third kappa shape index (κ3) is 3.48. The molecule has 0 saturated heterocycles. The van der Waals surface area contributed by atoms with E-state index in [1.807, 2.05) is 31.2 Å². The van der Waals surface area contributed by atoms with E-state index in [2.05, 4.69) is 5.16 Å². The molecule has 0 radical (unpaired) electrons. The molecule has 2 rings (SSSR count). The zero-order valence-corrected chi connectivity index (χ0v) is 11.3. The number of halogens is 1. The number of aryl methyl sites for hydroxylation is 1. The molecular weight excluding hydrogens is 262 g/mol. The van der Waals surface area contributed by atoms with E-state index in [9.17, 15) is 0 Å². The summed E-state index contributed by atoms with van der Waals surface area (Å²) in [4.78, 5) is 0. The van der Waals surface area contributed by atoms with Crippen LogP contribution in [0.4, 0.5) is 0 Å². The van der Waals surface area contributed by atoms with Crippen molar-refractivity contribution in [3.8, 4) is 5.75 Å². The average Bonchev–Trinajstić information content (AvgIpc) is 2.40. The van der Waals surface area contributed by atoms with Crippen LogP contribution in [0.5, 0.6) is 5.75 Å². The van der Waals surface area contributed by atoms with E-state index in [1.54, 1.807) is 18.2 Å². The fraction of sp³-hybridized carbons (Fsp3) is 0.133. The van der Waals surface area contributed by atoms with Crippen molar-refractivity contribution in [3.63, 3.8) is 0 Å². The van der Waals surface area contributed by atoms with Gasteiger partial charge in [-0.2, -0.15) is 0 Å². The summed E-state index contributed by atoms with van der Waals surface area (Å²) in [6.45, 7) is 2.51. The van der Waals surface area contributed by atoms with Crippen LogP contribution >= 0.6 is 11.6 Å². The summed E-state index contributed by atoms with van der Waals surface area (Å²) in [5.41, 5.74) is 3.03. The number of rotatable bonds is 4. The number of hydrogen-bond donors (Lipinski definition) is 1. The van der Waals surface area contributed by atoms with E-state index in [0.29, 0.717) is 17.4 Å². The van der Waals surface area contributed by atoms with Gasteiger partial charge in [0, 0.05) is 0 Å².